The zero-order chi connectivity index (χ0) is 13.0. The molecule has 1 N–H and O–H groups in total. The van der Waals surface area contributed by atoms with Crippen LogP contribution < -0.4 is 4.90 Å². The van der Waals surface area contributed by atoms with E-state index in [0.29, 0.717) is 0 Å². The van der Waals surface area contributed by atoms with Gasteiger partial charge in [0.25, 0.3) is 0 Å². The van der Waals surface area contributed by atoms with Crippen LogP contribution in [0.15, 0.2) is 12.1 Å². The normalized spacial score (nSPS) is 17.2. The summed E-state index contributed by atoms with van der Waals surface area (Å²) >= 11 is 0. The maximum Gasteiger partial charge on any atom is 0.129 e. The second-order valence-electron chi connectivity index (χ2n) is 4.76. The van der Waals surface area contributed by atoms with Crippen LogP contribution in [0.4, 0.5) is 5.82 Å². The Morgan fingerprint density at radius 1 is 1.17 bits per heavy atom. The highest BCUT2D eigenvalue weighted by Crippen LogP contribution is 2.17. The van der Waals surface area contributed by atoms with Gasteiger partial charge in [0.15, 0.2) is 0 Å². The molecule has 1 saturated heterocycles. The zero-order valence-corrected chi connectivity index (χ0v) is 11.4. The lowest BCUT2D eigenvalue weighted by Gasteiger charge is -2.35. The first-order chi connectivity index (χ1) is 8.76. The molecule has 0 aliphatic carbocycles. The summed E-state index contributed by atoms with van der Waals surface area (Å²) in [5, 5.41) is 9.31. The molecule has 2 heterocycles. The number of aliphatic hydroxyl groups excluding tert-OH is 1. The molecule has 4 heteroatoms. The van der Waals surface area contributed by atoms with Crippen LogP contribution in [-0.4, -0.2) is 47.7 Å². The highest BCUT2D eigenvalue weighted by molar-refractivity contribution is 5.43. The lowest BCUT2D eigenvalue weighted by atomic mass is 10.2. The van der Waals surface area contributed by atoms with E-state index in [1.807, 2.05) is 12.1 Å². The SMILES string of the molecule is CCc1cc(CO)cc(N2CCN(CC)CC2)n1. The summed E-state index contributed by atoms with van der Waals surface area (Å²) in [6, 6.07) is 4.01. The molecule has 0 radical (unpaired) electrons. The predicted molar refractivity (Wildman–Crippen MR) is 73.9 cm³/mol. The maximum absolute atomic E-state index is 9.31. The van der Waals surface area contributed by atoms with Gasteiger partial charge in [-0.2, -0.15) is 0 Å². The second-order valence-corrected chi connectivity index (χ2v) is 4.76. The monoisotopic (exact) mass is 249 g/mol. The Morgan fingerprint density at radius 2 is 1.89 bits per heavy atom. The maximum atomic E-state index is 9.31. The summed E-state index contributed by atoms with van der Waals surface area (Å²) in [5.41, 5.74) is 2.03. The number of piperazine rings is 1. The van der Waals surface area contributed by atoms with Crippen LogP contribution in [0.2, 0.25) is 0 Å². The first-order valence-corrected chi connectivity index (χ1v) is 6.84. The fourth-order valence-electron chi connectivity index (χ4n) is 2.36. The van der Waals surface area contributed by atoms with E-state index in [9.17, 15) is 5.11 Å². The molecule has 4 nitrogen and oxygen atoms in total. The molecule has 1 aliphatic rings. The second kappa shape index (κ2) is 6.16. The summed E-state index contributed by atoms with van der Waals surface area (Å²) in [7, 11) is 0. The largest absolute Gasteiger partial charge is 0.392 e. The molecule has 0 unspecified atom stereocenters. The topological polar surface area (TPSA) is 39.6 Å². The smallest absolute Gasteiger partial charge is 0.129 e. The summed E-state index contributed by atoms with van der Waals surface area (Å²) in [4.78, 5) is 9.45. The molecule has 18 heavy (non-hydrogen) atoms. The first-order valence-electron chi connectivity index (χ1n) is 6.84. The molecule has 1 aromatic rings. The van der Waals surface area contributed by atoms with Gasteiger partial charge in [-0.15, -0.1) is 0 Å². The molecule has 1 fully saturated rings. The third-order valence-corrected chi connectivity index (χ3v) is 3.61. The number of hydrogen-bond acceptors (Lipinski definition) is 4. The number of nitrogens with zero attached hydrogens (tertiary/aromatic N) is 3. The lowest BCUT2D eigenvalue weighted by Crippen LogP contribution is -2.46. The van der Waals surface area contributed by atoms with Gasteiger partial charge in [0.2, 0.25) is 0 Å². The van der Waals surface area contributed by atoms with E-state index in [-0.39, 0.29) is 6.61 Å². The Labute approximate surface area is 109 Å². The Hall–Kier alpha value is -1.13. The molecule has 2 rings (SSSR count). The van der Waals surface area contributed by atoms with Crippen LogP contribution in [0, 0.1) is 0 Å². The van der Waals surface area contributed by atoms with Gasteiger partial charge in [-0.3, -0.25) is 0 Å². The number of rotatable bonds is 4. The van der Waals surface area contributed by atoms with Gasteiger partial charge in [-0.05, 0) is 30.7 Å². The fourth-order valence-corrected chi connectivity index (χ4v) is 2.36. The molecule has 1 aromatic heterocycles. The first kappa shape index (κ1) is 13.3. The van der Waals surface area contributed by atoms with Crippen LogP contribution in [0.3, 0.4) is 0 Å². The quantitative estimate of drug-likeness (QED) is 0.872. The van der Waals surface area contributed by atoms with E-state index >= 15 is 0 Å². The minimum absolute atomic E-state index is 0.0947. The number of aryl methyl sites for hydroxylation is 1. The van der Waals surface area contributed by atoms with Gasteiger partial charge in [0.05, 0.1) is 6.61 Å². The van der Waals surface area contributed by atoms with Crippen LogP contribution >= 0.6 is 0 Å². The lowest BCUT2D eigenvalue weighted by molar-refractivity contribution is 0.270. The van der Waals surface area contributed by atoms with Crippen LogP contribution in [0.25, 0.3) is 0 Å². The van der Waals surface area contributed by atoms with Crippen molar-refractivity contribution >= 4 is 5.82 Å². The van der Waals surface area contributed by atoms with Crippen molar-refractivity contribution in [2.24, 2.45) is 0 Å². The average molecular weight is 249 g/mol. The van der Waals surface area contributed by atoms with E-state index in [2.05, 4.69) is 28.6 Å². The van der Waals surface area contributed by atoms with E-state index < -0.39 is 0 Å². The zero-order valence-electron chi connectivity index (χ0n) is 11.4. The number of hydrogen-bond donors (Lipinski definition) is 1. The molecule has 1 aliphatic heterocycles. The summed E-state index contributed by atoms with van der Waals surface area (Å²) in [5.74, 6) is 1.02. The molecule has 100 valence electrons. The Kier molecular flexibility index (Phi) is 4.55. The van der Waals surface area contributed by atoms with Crippen molar-refractivity contribution in [3.8, 4) is 0 Å². The van der Waals surface area contributed by atoms with Gasteiger partial charge < -0.3 is 14.9 Å². The van der Waals surface area contributed by atoms with Crippen molar-refractivity contribution in [1.29, 1.82) is 0 Å². The van der Waals surface area contributed by atoms with Gasteiger partial charge >= 0.3 is 0 Å². The molecular formula is C14H23N3O. The van der Waals surface area contributed by atoms with Crippen molar-refractivity contribution in [3.63, 3.8) is 0 Å². The number of likely N-dealkylation sites (N-methyl/N-ethyl adjacent to an activating group) is 1. The third kappa shape index (κ3) is 3.00. The van der Waals surface area contributed by atoms with Crippen LogP contribution in [-0.2, 0) is 13.0 Å². The molecule has 0 spiro atoms. The van der Waals surface area contributed by atoms with Crippen molar-refractivity contribution < 1.29 is 5.11 Å². The molecule has 0 bridgehead atoms. The van der Waals surface area contributed by atoms with E-state index in [1.54, 1.807) is 0 Å². The molecule has 0 saturated carbocycles. The fraction of sp³-hybridized carbons (Fsp3) is 0.643. The third-order valence-electron chi connectivity index (χ3n) is 3.61. The van der Waals surface area contributed by atoms with Crippen molar-refractivity contribution in [1.82, 2.24) is 9.88 Å². The van der Waals surface area contributed by atoms with E-state index in [0.717, 1.165) is 56.2 Å². The molecule has 0 aromatic carbocycles. The van der Waals surface area contributed by atoms with Gasteiger partial charge in [-0.1, -0.05) is 13.8 Å². The van der Waals surface area contributed by atoms with Crippen molar-refractivity contribution in [3.05, 3.63) is 23.4 Å². The van der Waals surface area contributed by atoms with Crippen LogP contribution in [0.1, 0.15) is 25.1 Å². The Bertz CT molecular complexity index is 364. The minimum Gasteiger partial charge on any atom is -0.392 e. The average Bonchev–Trinajstić information content (AvgIpc) is 2.46. The van der Waals surface area contributed by atoms with Crippen molar-refractivity contribution in [2.75, 3.05) is 37.6 Å². The summed E-state index contributed by atoms with van der Waals surface area (Å²) < 4.78 is 0. The Balaban J connectivity index is 2.13. The molecule has 0 atom stereocenters. The number of anilines is 1. The van der Waals surface area contributed by atoms with Crippen LogP contribution in [0.5, 0.6) is 0 Å². The minimum atomic E-state index is 0.0947. The summed E-state index contributed by atoms with van der Waals surface area (Å²) in [6.45, 7) is 9.77. The number of pyridine rings is 1. The predicted octanol–water partition coefficient (Wildman–Crippen LogP) is 1.28. The standard InChI is InChI=1S/C14H23N3O/c1-3-13-9-12(11-18)10-14(15-13)17-7-5-16(4-2)6-8-17/h9-10,18H,3-8,11H2,1-2H3. The number of aliphatic hydroxyl groups is 1. The van der Waals surface area contributed by atoms with Gasteiger partial charge in [0, 0.05) is 31.9 Å². The highest BCUT2D eigenvalue weighted by atomic mass is 16.3. The molecule has 0 amide bonds. The van der Waals surface area contributed by atoms with Gasteiger partial charge in [-0.25, -0.2) is 4.98 Å². The van der Waals surface area contributed by atoms with E-state index in [4.69, 9.17) is 0 Å². The summed E-state index contributed by atoms with van der Waals surface area (Å²) in [6.07, 6.45) is 0.912. The Morgan fingerprint density at radius 3 is 2.44 bits per heavy atom. The van der Waals surface area contributed by atoms with Gasteiger partial charge in [0.1, 0.15) is 5.82 Å². The molecular weight excluding hydrogens is 226 g/mol. The highest BCUT2D eigenvalue weighted by Gasteiger charge is 2.17. The van der Waals surface area contributed by atoms with E-state index in [1.165, 1.54) is 0 Å². The van der Waals surface area contributed by atoms with Crippen molar-refractivity contribution in [2.45, 2.75) is 26.9 Å². The number of aromatic nitrogens is 1.